The van der Waals surface area contributed by atoms with Crippen LogP contribution in [0.3, 0.4) is 0 Å². The van der Waals surface area contributed by atoms with Crippen LogP contribution in [0, 0.1) is 24.0 Å². The van der Waals surface area contributed by atoms with Gasteiger partial charge >= 0.3 is 0 Å². The summed E-state index contributed by atoms with van der Waals surface area (Å²) in [5, 5.41) is 11.7. The minimum atomic E-state index is -2.95. The molecule has 0 N–H and O–H groups in total. The molecule has 4 heterocycles. The van der Waals surface area contributed by atoms with Crippen molar-refractivity contribution in [2.45, 2.75) is 44.1 Å². The molecule has 2 aliphatic rings. The van der Waals surface area contributed by atoms with Crippen LogP contribution in [0.25, 0.3) is 0 Å². The normalized spacial score (nSPS) is 18.0. The third-order valence-electron chi connectivity index (χ3n) is 6.46. The molecule has 1 unspecified atom stereocenters. The number of hydrogen-bond donors (Lipinski definition) is 0. The van der Waals surface area contributed by atoms with E-state index >= 15 is 0 Å². The van der Waals surface area contributed by atoms with Gasteiger partial charge in [-0.2, -0.15) is 9.89 Å². The summed E-state index contributed by atoms with van der Waals surface area (Å²) in [6, 6.07) is 2.80. The number of aromatic nitrogens is 3. The highest BCUT2D eigenvalue weighted by Gasteiger charge is 2.32. The maximum atomic E-state index is 14.6. The van der Waals surface area contributed by atoms with E-state index in [1.807, 2.05) is 0 Å². The van der Waals surface area contributed by atoms with Gasteiger partial charge in [0.2, 0.25) is 0 Å². The Bertz CT molecular complexity index is 1390. The Hall–Kier alpha value is -3.73. The zero-order valence-corrected chi connectivity index (χ0v) is 21.0. The number of benzene rings is 1. The number of nitrogens with zero attached hydrogens (tertiary/aromatic N) is 5. The molecular weight excluding hydrogens is 548 g/mol. The SMILES string of the molecule is C#CCOc1cc(F)c(C2CC(c3csc(C4CCN(n5nc(C(F)F)cc5C(F)F)CC4)n3)=NO2)c(F)c1. The standard InChI is InChI=1S/C25H21F6N5O2S/c1-2-7-37-14-8-15(26)22(16(27)9-14)21-11-17(34-38-21)19-12-39-25(32-19)13-3-5-35(6-4-13)36-20(24(30)31)10-18(33-36)23(28)29/h1,8-10,12-13,21,23-24H,3-7,11H2. The van der Waals surface area contributed by atoms with Crippen molar-refractivity contribution in [3.8, 4) is 18.1 Å². The molecule has 39 heavy (non-hydrogen) atoms. The predicted octanol–water partition coefficient (Wildman–Crippen LogP) is 5.89. The maximum Gasteiger partial charge on any atom is 0.282 e. The average molecular weight is 570 g/mol. The van der Waals surface area contributed by atoms with E-state index in [0.717, 1.165) is 28.0 Å². The molecule has 14 heteroatoms. The second-order valence-electron chi connectivity index (χ2n) is 8.91. The summed E-state index contributed by atoms with van der Waals surface area (Å²) in [6.07, 6.45) is -0.593. The molecule has 1 aromatic carbocycles. The topological polar surface area (TPSA) is 64.8 Å². The Morgan fingerprint density at radius 1 is 1.10 bits per heavy atom. The van der Waals surface area contributed by atoms with E-state index in [0.29, 0.717) is 37.3 Å². The average Bonchev–Trinajstić information content (AvgIpc) is 3.67. The third-order valence-corrected chi connectivity index (χ3v) is 7.46. The molecule has 1 saturated heterocycles. The van der Waals surface area contributed by atoms with Crippen molar-refractivity contribution in [1.82, 2.24) is 14.9 Å². The number of terminal acetylenes is 1. The minimum absolute atomic E-state index is 0.00398. The molecule has 0 aliphatic carbocycles. The highest BCUT2D eigenvalue weighted by Crippen LogP contribution is 2.36. The molecule has 3 aromatic rings. The van der Waals surface area contributed by atoms with E-state index in [1.54, 1.807) is 5.38 Å². The maximum absolute atomic E-state index is 14.6. The van der Waals surface area contributed by atoms with Gasteiger partial charge in [-0.3, -0.25) is 5.01 Å². The van der Waals surface area contributed by atoms with Gasteiger partial charge in [0.25, 0.3) is 12.9 Å². The zero-order valence-electron chi connectivity index (χ0n) is 20.2. The molecule has 5 rings (SSSR count). The quantitative estimate of drug-likeness (QED) is 0.250. The van der Waals surface area contributed by atoms with Crippen molar-refractivity contribution in [1.29, 1.82) is 0 Å². The van der Waals surface area contributed by atoms with Crippen LogP contribution < -0.4 is 9.75 Å². The highest BCUT2D eigenvalue weighted by atomic mass is 32.1. The Labute approximate surface area is 223 Å². The molecule has 0 spiro atoms. The predicted molar refractivity (Wildman–Crippen MR) is 130 cm³/mol. The van der Waals surface area contributed by atoms with Crippen LogP contribution >= 0.6 is 11.3 Å². The summed E-state index contributed by atoms with van der Waals surface area (Å²) in [5.74, 6) is 0.500. The number of oxime groups is 1. The first-order valence-corrected chi connectivity index (χ1v) is 12.8. The second kappa shape index (κ2) is 11.2. The number of thiazole rings is 1. The van der Waals surface area contributed by atoms with Crippen LogP contribution in [-0.2, 0) is 4.84 Å². The Morgan fingerprint density at radius 3 is 2.46 bits per heavy atom. The highest BCUT2D eigenvalue weighted by molar-refractivity contribution is 7.10. The number of piperidine rings is 1. The van der Waals surface area contributed by atoms with Gasteiger partial charge in [0.05, 0.1) is 16.3 Å². The molecule has 206 valence electrons. The lowest BCUT2D eigenvalue weighted by atomic mass is 9.98. The van der Waals surface area contributed by atoms with Crippen LogP contribution in [0.5, 0.6) is 5.75 Å². The van der Waals surface area contributed by atoms with Gasteiger partial charge in [-0.1, -0.05) is 11.1 Å². The van der Waals surface area contributed by atoms with Crippen molar-refractivity contribution in [2.24, 2.45) is 5.16 Å². The summed E-state index contributed by atoms with van der Waals surface area (Å²) < 4.78 is 87.1. The van der Waals surface area contributed by atoms with Gasteiger partial charge < -0.3 is 9.57 Å². The van der Waals surface area contributed by atoms with Crippen molar-refractivity contribution in [3.63, 3.8) is 0 Å². The molecule has 0 amide bonds. The van der Waals surface area contributed by atoms with E-state index in [9.17, 15) is 26.3 Å². The Kier molecular flexibility index (Phi) is 7.69. The molecule has 2 aromatic heterocycles. The Morgan fingerprint density at radius 2 is 1.82 bits per heavy atom. The van der Waals surface area contributed by atoms with E-state index in [-0.39, 0.29) is 30.3 Å². The van der Waals surface area contributed by atoms with Crippen molar-refractivity contribution in [2.75, 3.05) is 24.7 Å². The number of alkyl halides is 4. The lowest BCUT2D eigenvalue weighted by Crippen LogP contribution is -2.43. The fourth-order valence-corrected chi connectivity index (χ4v) is 5.56. The third kappa shape index (κ3) is 5.54. The van der Waals surface area contributed by atoms with Crippen molar-refractivity contribution in [3.05, 3.63) is 62.9 Å². The number of ether oxygens (including phenoxy) is 1. The van der Waals surface area contributed by atoms with E-state index in [2.05, 4.69) is 21.2 Å². The van der Waals surface area contributed by atoms with Gasteiger partial charge in [0, 0.05) is 42.9 Å². The van der Waals surface area contributed by atoms with Crippen LogP contribution in [0.4, 0.5) is 26.3 Å². The van der Waals surface area contributed by atoms with Gasteiger partial charge in [0.15, 0.2) is 6.10 Å². The van der Waals surface area contributed by atoms with Crippen LogP contribution in [-0.4, -0.2) is 40.3 Å². The molecule has 7 nitrogen and oxygen atoms in total. The smallest absolute Gasteiger partial charge is 0.282 e. The second-order valence-corrected chi connectivity index (χ2v) is 9.80. The minimum Gasteiger partial charge on any atom is -0.481 e. The van der Waals surface area contributed by atoms with Crippen LogP contribution in [0.1, 0.15) is 71.8 Å². The first kappa shape index (κ1) is 26.9. The fourth-order valence-electron chi connectivity index (χ4n) is 4.56. The molecule has 0 saturated carbocycles. The number of hydrogen-bond acceptors (Lipinski definition) is 7. The van der Waals surface area contributed by atoms with Gasteiger partial charge in [-0.05, 0) is 18.9 Å². The van der Waals surface area contributed by atoms with Gasteiger partial charge in [-0.15, -0.1) is 17.8 Å². The first-order valence-electron chi connectivity index (χ1n) is 11.9. The Balaban J connectivity index is 1.22. The van der Waals surface area contributed by atoms with E-state index in [1.165, 1.54) is 16.3 Å². The van der Waals surface area contributed by atoms with E-state index < -0.39 is 42.0 Å². The molecule has 0 bridgehead atoms. The molecular formula is C25H21F6N5O2S. The van der Waals surface area contributed by atoms with Crippen molar-refractivity contribution < 1.29 is 35.9 Å². The fraction of sp³-hybridized carbons (Fsp3) is 0.400. The first-order chi connectivity index (χ1) is 18.7. The lowest BCUT2D eigenvalue weighted by Gasteiger charge is -2.33. The zero-order chi connectivity index (χ0) is 27.7. The summed E-state index contributed by atoms with van der Waals surface area (Å²) in [5.41, 5.74) is -0.590. The van der Waals surface area contributed by atoms with Crippen molar-refractivity contribution >= 4 is 17.0 Å². The van der Waals surface area contributed by atoms with Crippen LogP contribution in [0.2, 0.25) is 0 Å². The van der Waals surface area contributed by atoms with Gasteiger partial charge in [0.1, 0.15) is 41.1 Å². The number of halogens is 6. The summed E-state index contributed by atoms with van der Waals surface area (Å²) in [4.78, 5) is 10.8. The summed E-state index contributed by atoms with van der Waals surface area (Å²) >= 11 is 1.38. The molecule has 2 aliphatic heterocycles. The monoisotopic (exact) mass is 569 g/mol. The summed E-state index contributed by atoms with van der Waals surface area (Å²) in [7, 11) is 0. The lowest BCUT2D eigenvalue weighted by molar-refractivity contribution is 0.0798. The van der Waals surface area contributed by atoms with E-state index in [4.69, 9.17) is 16.0 Å². The number of rotatable bonds is 8. The van der Waals surface area contributed by atoms with Gasteiger partial charge in [-0.25, -0.2) is 31.3 Å². The molecule has 0 radical (unpaired) electrons. The molecule has 1 fully saturated rings. The molecule has 1 atom stereocenters. The van der Waals surface area contributed by atoms with Crippen LogP contribution in [0.15, 0.2) is 28.7 Å². The summed E-state index contributed by atoms with van der Waals surface area (Å²) in [6.45, 7) is 0.501. The largest absolute Gasteiger partial charge is 0.481 e.